The van der Waals surface area contributed by atoms with Crippen LogP contribution in [0.25, 0.3) is 0 Å². The van der Waals surface area contributed by atoms with Gasteiger partial charge in [-0.05, 0) is 31.7 Å². The Labute approximate surface area is 114 Å². The van der Waals surface area contributed by atoms with Crippen LogP contribution in [0.2, 0.25) is 0 Å². The highest BCUT2D eigenvalue weighted by atomic mass is 19.4. The molecule has 110 valence electrons. The van der Waals surface area contributed by atoms with Gasteiger partial charge in [0.15, 0.2) is 0 Å². The van der Waals surface area contributed by atoms with Gasteiger partial charge in [0, 0.05) is 24.7 Å². The number of likely N-dealkylation sites (tertiary alicyclic amines) is 1. The number of carbonyl (C=O) groups is 1. The molecule has 0 saturated carbocycles. The Kier molecular flexibility index (Phi) is 4.17. The number of nitrogens with zero attached hydrogens (tertiary/aromatic N) is 1. The summed E-state index contributed by atoms with van der Waals surface area (Å²) in [5.74, 6) is -0.664. The van der Waals surface area contributed by atoms with Gasteiger partial charge in [0.2, 0.25) is 0 Å². The summed E-state index contributed by atoms with van der Waals surface area (Å²) in [4.78, 5) is 13.8. The van der Waals surface area contributed by atoms with Crippen LogP contribution < -0.4 is 10.1 Å². The molecule has 2 rings (SSSR count). The number of ether oxygens (including phenoxy) is 1. The second-order valence-corrected chi connectivity index (χ2v) is 4.60. The third-order valence-electron chi connectivity index (χ3n) is 3.20. The van der Waals surface area contributed by atoms with Crippen LogP contribution in [0.15, 0.2) is 24.3 Å². The Morgan fingerprint density at radius 3 is 2.80 bits per heavy atom. The first-order chi connectivity index (χ1) is 9.39. The monoisotopic (exact) mass is 288 g/mol. The topological polar surface area (TPSA) is 41.6 Å². The molecule has 1 saturated heterocycles. The molecule has 4 nitrogen and oxygen atoms in total. The first-order valence-electron chi connectivity index (χ1n) is 6.21. The van der Waals surface area contributed by atoms with Gasteiger partial charge in [-0.2, -0.15) is 0 Å². The third kappa shape index (κ3) is 3.63. The predicted octanol–water partition coefficient (Wildman–Crippen LogP) is 2.02. The first kappa shape index (κ1) is 14.6. The smallest absolute Gasteiger partial charge is 0.406 e. The summed E-state index contributed by atoms with van der Waals surface area (Å²) in [5, 5.41) is 3.08. The van der Waals surface area contributed by atoms with Gasteiger partial charge in [-0.15, -0.1) is 13.2 Å². The number of nitrogens with one attached hydrogen (secondary N) is 1. The molecule has 20 heavy (non-hydrogen) atoms. The molecule has 1 aromatic carbocycles. The number of amides is 1. The Hall–Kier alpha value is -1.76. The van der Waals surface area contributed by atoms with Crippen molar-refractivity contribution in [2.45, 2.75) is 18.8 Å². The lowest BCUT2D eigenvalue weighted by molar-refractivity contribution is -0.274. The Morgan fingerprint density at radius 2 is 2.20 bits per heavy atom. The van der Waals surface area contributed by atoms with Crippen LogP contribution in [0, 0.1) is 0 Å². The number of hydrogen-bond acceptors (Lipinski definition) is 3. The summed E-state index contributed by atoms with van der Waals surface area (Å²) in [6.07, 6.45) is -3.92. The zero-order valence-electron chi connectivity index (χ0n) is 10.9. The van der Waals surface area contributed by atoms with E-state index < -0.39 is 6.36 Å². The summed E-state index contributed by atoms with van der Waals surface area (Å²) in [6, 6.07) is 5.37. The highest BCUT2D eigenvalue weighted by Crippen LogP contribution is 2.24. The van der Waals surface area contributed by atoms with Crippen molar-refractivity contribution in [3.63, 3.8) is 0 Å². The number of carbonyl (C=O) groups excluding carboxylic acids is 1. The van der Waals surface area contributed by atoms with Gasteiger partial charge in [0.1, 0.15) is 5.75 Å². The Balaban J connectivity index is 2.09. The summed E-state index contributed by atoms with van der Waals surface area (Å²) >= 11 is 0. The average molecular weight is 288 g/mol. The minimum atomic E-state index is -4.76. The van der Waals surface area contributed by atoms with E-state index in [1.54, 1.807) is 4.90 Å². The molecule has 0 bridgehead atoms. The van der Waals surface area contributed by atoms with E-state index >= 15 is 0 Å². The Bertz CT molecular complexity index is 491. The second kappa shape index (κ2) is 5.70. The molecule has 1 amide bonds. The minimum absolute atomic E-state index is 0.198. The maximum absolute atomic E-state index is 12.2. The molecular weight excluding hydrogens is 273 g/mol. The van der Waals surface area contributed by atoms with Crippen LogP contribution in [0.1, 0.15) is 16.8 Å². The normalized spacial score (nSPS) is 19.2. The van der Waals surface area contributed by atoms with Gasteiger partial charge in [-0.1, -0.05) is 6.07 Å². The molecule has 1 N–H and O–H groups in total. The van der Waals surface area contributed by atoms with Crippen molar-refractivity contribution >= 4 is 5.91 Å². The van der Waals surface area contributed by atoms with Gasteiger partial charge in [-0.3, -0.25) is 4.79 Å². The number of hydrogen-bond donors (Lipinski definition) is 1. The molecule has 0 radical (unpaired) electrons. The van der Waals surface area contributed by atoms with Gasteiger partial charge < -0.3 is 15.0 Å². The molecular formula is C13H15F3N2O2. The maximum atomic E-state index is 12.2. The van der Waals surface area contributed by atoms with Crippen molar-refractivity contribution < 1.29 is 22.7 Å². The van der Waals surface area contributed by atoms with E-state index in [2.05, 4.69) is 10.1 Å². The van der Waals surface area contributed by atoms with Crippen molar-refractivity contribution in [1.29, 1.82) is 0 Å². The number of likely N-dealkylation sites (N-methyl/N-ethyl adjacent to an activating group) is 1. The van der Waals surface area contributed by atoms with Crippen molar-refractivity contribution in [3.8, 4) is 5.75 Å². The number of benzene rings is 1. The predicted molar refractivity (Wildman–Crippen MR) is 66.5 cm³/mol. The van der Waals surface area contributed by atoms with Crippen LogP contribution in [0.3, 0.4) is 0 Å². The standard InChI is InChI=1S/C13H15F3N2O2/c1-17-10-5-6-18(8-10)12(19)9-3-2-4-11(7-9)20-13(14,15)16/h2-4,7,10,17H,5-6,8H2,1H3/t10-/m0/s1. The van der Waals surface area contributed by atoms with E-state index in [0.29, 0.717) is 13.1 Å². The zero-order chi connectivity index (χ0) is 14.8. The van der Waals surface area contributed by atoms with Crippen LogP contribution in [-0.2, 0) is 0 Å². The third-order valence-corrected chi connectivity index (χ3v) is 3.20. The molecule has 0 aliphatic carbocycles. The van der Waals surface area contributed by atoms with Crippen molar-refractivity contribution in [2.75, 3.05) is 20.1 Å². The van der Waals surface area contributed by atoms with E-state index in [1.165, 1.54) is 18.2 Å². The first-order valence-corrected chi connectivity index (χ1v) is 6.21. The fourth-order valence-electron chi connectivity index (χ4n) is 2.19. The summed E-state index contributed by atoms with van der Waals surface area (Å²) in [6.45, 7) is 1.15. The largest absolute Gasteiger partial charge is 0.573 e. The molecule has 1 atom stereocenters. The van der Waals surface area contributed by atoms with Crippen LogP contribution in [0.4, 0.5) is 13.2 Å². The molecule has 1 aliphatic heterocycles. The van der Waals surface area contributed by atoms with Gasteiger partial charge in [-0.25, -0.2) is 0 Å². The molecule has 0 spiro atoms. The van der Waals surface area contributed by atoms with Gasteiger partial charge in [0.05, 0.1) is 0 Å². The number of alkyl halides is 3. The molecule has 1 fully saturated rings. The second-order valence-electron chi connectivity index (χ2n) is 4.60. The Morgan fingerprint density at radius 1 is 1.45 bits per heavy atom. The highest BCUT2D eigenvalue weighted by molar-refractivity contribution is 5.94. The highest BCUT2D eigenvalue weighted by Gasteiger charge is 2.31. The fraction of sp³-hybridized carbons (Fsp3) is 0.462. The van der Waals surface area contributed by atoms with Crippen molar-refractivity contribution in [3.05, 3.63) is 29.8 Å². The molecule has 1 aliphatic rings. The van der Waals surface area contributed by atoms with E-state index in [1.807, 2.05) is 7.05 Å². The summed E-state index contributed by atoms with van der Waals surface area (Å²) in [7, 11) is 1.82. The van der Waals surface area contributed by atoms with E-state index in [-0.39, 0.29) is 23.3 Å². The van der Waals surface area contributed by atoms with E-state index in [4.69, 9.17) is 0 Å². The van der Waals surface area contributed by atoms with E-state index in [0.717, 1.165) is 12.5 Å². The van der Waals surface area contributed by atoms with Crippen molar-refractivity contribution in [2.24, 2.45) is 0 Å². The SMILES string of the molecule is CN[C@H]1CCN(C(=O)c2cccc(OC(F)(F)F)c2)C1. The van der Waals surface area contributed by atoms with Crippen LogP contribution >= 0.6 is 0 Å². The van der Waals surface area contributed by atoms with E-state index in [9.17, 15) is 18.0 Å². The lowest BCUT2D eigenvalue weighted by Gasteiger charge is -2.17. The molecule has 0 unspecified atom stereocenters. The molecule has 1 aromatic rings. The summed E-state index contributed by atoms with van der Waals surface area (Å²) < 4.78 is 40.3. The number of rotatable bonds is 3. The van der Waals surface area contributed by atoms with Gasteiger partial charge in [0.25, 0.3) is 5.91 Å². The van der Waals surface area contributed by atoms with Crippen molar-refractivity contribution in [1.82, 2.24) is 10.2 Å². The lowest BCUT2D eigenvalue weighted by Crippen LogP contribution is -2.33. The quantitative estimate of drug-likeness (QED) is 0.925. The zero-order valence-corrected chi connectivity index (χ0v) is 10.9. The van der Waals surface area contributed by atoms with Gasteiger partial charge >= 0.3 is 6.36 Å². The fourth-order valence-corrected chi connectivity index (χ4v) is 2.19. The molecule has 7 heteroatoms. The van der Waals surface area contributed by atoms with Crippen LogP contribution in [-0.4, -0.2) is 43.3 Å². The van der Waals surface area contributed by atoms with Crippen LogP contribution in [0.5, 0.6) is 5.75 Å². The average Bonchev–Trinajstić information content (AvgIpc) is 2.85. The maximum Gasteiger partial charge on any atom is 0.573 e. The number of halogens is 3. The summed E-state index contributed by atoms with van der Waals surface area (Å²) in [5.41, 5.74) is 0.198. The molecule has 1 heterocycles. The lowest BCUT2D eigenvalue weighted by atomic mass is 10.2. The molecule has 0 aromatic heterocycles. The minimum Gasteiger partial charge on any atom is -0.406 e.